The fourth-order valence-electron chi connectivity index (χ4n) is 4.52. The summed E-state index contributed by atoms with van der Waals surface area (Å²) in [6.45, 7) is 9.36. The summed E-state index contributed by atoms with van der Waals surface area (Å²) in [7, 11) is 2.15. The molecule has 2 fully saturated rings. The number of ether oxygens (including phenoxy) is 1. The topological polar surface area (TPSA) is 85.9 Å². The van der Waals surface area contributed by atoms with E-state index in [1.54, 1.807) is 6.08 Å². The summed E-state index contributed by atoms with van der Waals surface area (Å²) in [6, 6.07) is 16.1. The number of likely N-dealkylation sites (N-methyl/N-ethyl adjacent to an activating group) is 1. The lowest BCUT2D eigenvalue weighted by Gasteiger charge is -2.39. The molecule has 2 saturated heterocycles. The largest absolute Gasteiger partial charge is 0.437 e. The Morgan fingerprint density at radius 1 is 1.05 bits per heavy atom. The van der Waals surface area contributed by atoms with Gasteiger partial charge < -0.3 is 30.1 Å². The average molecular weight is 548 g/mol. The lowest BCUT2D eigenvalue weighted by molar-refractivity contribution is -0.129. The molecule has 0 spiro atoms. The molecule has 3 aromatic rings. The van der Waals surface area contributed by atoms with Crippen molar-refractivity contribution in [3.8, 4) is 11.6 Å². The van der Waals surface area contributed by atoms with Gasteiger partial charge >= 0.3 is 0 Å². The molecule has 5 rings (SSSR count). The van der Waals surface area contributed by atoms with Gasteiger partial charge in [0.1, 0.15) is 10.8 Å². The molecule has 0 aliphatic carbocycles. The number of halogens is 1. The summed E-state index contributed by atoms with van der Waals surface area (Å²) >= 11 is 6.36. The van der Waals surface area contributed by atoms with Crippen molar-refractivity contribution in [2.45, 2.75) is 19.9 Å². The molecule has 2 aliphatic rings. The molecular weight excluding hydrogens is 514 g/mol. The smallest absolute Gasteiger partial charge is 0.246 e. The quantitative estimate of drug-likeness (QED) is 0.381. The molecule has 204 valence electrons. The summed E-state index contributed by atoms with van der Waals surface area (Å²) in [5, 5.41) is 7.01. The zero-order valence-electron chi connectivity index (χ0n) is 22.5. The number of benzene rings is 2. The molecule has 2 aromatic carbocycles. The van der Waals surface area contributed by atoms with E-state index in [0.717, 1.165) is 43.1 Å². The second-order valence-electron chi connectivity index (χ2n) is 10.2. The molecule has 2 aliphatic heterocycles. The SMILES string of the molecule is CC(C)=CC(=O)N1CC(Nc2cccc(Oc3nc(Nc4ccc(N5CCN(C)CC5)cc4)ncc3Cl)c2)C1. The number of aromatic nitrogens is 2. The van der Waals surface area contributed by atoms with E-state index in [0.29, 0.717) is 29.8 Å². The van der Waals surface area contributed by atoms with E-state index < -0.39 is 0 Å². The Labute approximate surface area is 234 Å². The maximum absolute atomic E-state index is 12.1. The number of hydrogen-bond donors (Lipinski definition) is 2. The lowest BCUT2D eigenvalue weighted by atomic mass is 10.1. The summed E-state index contributed by atoms with van der Waals surface area (Å²) in [5.74, 6) is 1.31. The number of hydrogen-bond acceptors (Lipinski definition) is 8. The van der Waals surface area contributed by atoms with Crippen LogP contribution < -0.4 is 20.3 Å². The third-order valence-electron chi connectivity index (χ3n) is 6.73. The maximum Gasteiger partial charge on any atom is 0.246 e. The second-order valence-corrected chi connectivity index (χ2v) is 10.7. The summed E-state index contributed by atoms with van der Waals surface area (Å²) in [5.41, 5.74) is 3.99. The van der Waals surface area contributed by atoms with Crippen molar-refractivity contribution in [1.29, 1.82) is 0 Å². The highest BCUT2D eigenvalue weighted by molar-refractivity contribution is 6.31. The Hall–Kier alpha value is -3.82. The molecule has 1 aromatic heterocycles. The van der Waals surface area contributed by atoms with Crippen LogP contribution in [0.25, 0.3) is 0 Å². The first-order chi connectivity index (χ1) is 18.8. The number of nitrogens with one attached hydrogen (secondary N) is 2. The van der Waals surface area contributed by atoms with Crippen LogP contribution in [0.5, 0.6) is 11.6 Å². The first kappa shape index (κ1) is 26.8. The molecule has 9 nitrogen and oxygen atoms in total. The molecule has 3 heterocycles. The van der Waals surface area contributed by atoms with Gasteiger partial charge in [-0.3, -0.25) is 4.79 Å². The van der Waals surface area contributed by atoms with Gasteiger partial charge in [-0.05, 0) is 57.3 Å². The van der Waals surface area contributed by atoms with Crippen LogP contribution in [0.15, 0.2) is 66.4 Å². The van der Waals surface area contributed by atoms with E-state index in [9.17, 15) is 4.79 Å². The highest BCUT2D eigenvalue weighted by atomic mass is 35.5. The van der Waals surface area contributed by atoms with Crippen LogP contribution in [0, 0.1) is 0 Å². The van der Waals surface area contributed by atoms with Crippen molar-refractivity contribution in [2.24, 2.45) is 0 Å². The molecule has 0 bridgehead atoms. The molecule has 39 heavy (non-hydrogen) atoms. The Bertz CT molecular complexity index is 1330. The van der Waals surface area contributed by atoms with Gasteiger partial charge in [0.2, 0.25) is 17.7 Å². The summed E-state index contributed by atoms with van der Waals surface area (Å²) in [6.07, 6.45) is 3.20. The summed E-state index contributed by atoms with van der Waals surface area (Å²) < 4.78 is 6.03. The molecule has 10 heteroatoms. The lowest BCUT2D eigenvalue weighted by Crippen LogP contribution is -2.56. The number of allylic oxidation sites excluding steroid dienone is 1. The first-order valence-electron chi connectivity index (χ1n) is 13.1. The van der Waals surface area contributed by atoms with Crippen molar-refractivity contribution in [3.05, 3.63) is 71.4 Å². The molecule has 0 unspecified atom stereocenters. The third-order valence-corrected chi connectivity index (χ3v) is 6.99. The minimum Gasteiger partial charge on any atom is -0.437 e. The van der Waals surface area contributed by atoms with E-state index in [4.69, 9.17) is 16.3 Å². The van der Waals surface area contributed by atoms with Gasteiger partial charge in [-0.25, -0.2) is 4.98 Å². The van der Waals surface area contributed by atoms with Gasteiger partial charge in [0, 0.05) is 68.5 Å². The third kappa shape index (κ3) is 6.99. The van der Waals surface area contributed by atoms with E-state index in [-0.39, 0.29) is 17.8 Å². The molecule has 0 saturated carbocycles. The van der Waals surface area contributed by atoms with Gasteiger partial charge in [-0.2, -0.15) is 4.98 Å². The van der Waals surface area contributed by atoms with Crippen LogP contribution in [0.1, 0.15) is 13.8 Å². The Morgan fingerprint density at radius 3 is 2.51 bits per heavy atom. The van der Waals surface area contributed by atoms with Crippen molar-refractivity contribution in [2.75, 3.05) is 61.8 Å². The normalized spacial score (nSPS) is 15.9. The minimum absolute atomic E-state index is 0.0546. The first-order valence-corrected chi connectivity index (χ1v) is 13.5. The number of anilines is 4. The number of rotatable bonds is 8. The zero-order valence-corrected chi connectivity index (χ0v) is 23.3. The predicted octanol–water partition coefficient (Wildman–Crippen LogP) is 5.01. The zero-order chi connectivity index (χ0) is 27.4. The van der Waals surface area contributed by atoms with Crippen LogP contribution >= 0.6 is 11.6 Å². The fourth-order valence-corrected chi connectivity index (χ4v) is 4.65. The number of nitrogens with zero attached hydrogens (tertiary/aromatic N) is 5. The van der Waals surface area contributed by atoms with Crippen LogP contribution in [-0.2, 0) is 4.79 Å². The van der Waals surface area contributed by atoms with E-state index in [2.05, 4.69) is 49.6 Å². The van der Waals surface area contributed by atoms with E-state index >= 15 is 0 Å². The van der Waals surface area contributed by atoms with Gasteiger partial charge in [-0.1, -0.05) is 23.2 Å². The standard InChI is InChI=1S/C29H34ClN7O2/c1-20(2)15-27(38)37-18-23(19-37)32-22-5-4-6-25(16-22)39-28-26(30)17-31-29(34-28)33-21-7-9-24(10-8-21)36-13-11-35(3)12-14-36/h4-10,15-17,23,32H,11-14,18-19H2,1-3H3,(H,31,33,34). The second kappa shape index (κ2) is 11.9. The Balaban J connectivity index is 1.18. The van der Waals surface area contributed by atoms with Crippen LogP contribution in [-0.4, -0.2) is 78.0 Å². The van der Waals surface area contributed by atoms with Crippen LogP contribution in [0.2, 0.25) is 5.02 Å². The van der Waals surface area contributed by atoms with Gasteiger partial charge in [0.15, 0.2) is 0 Å². The fraction of sp³-hybridized carbons (Fsp3) is 0.345. The van der Waals surface area contributed by atoms with Crippen LogP contribution in [0.3, 0.4) is 0 Å². The van der Waals surface area contributed by atoms with Gasteiger partial charge in [0.25, 0.3) is 0 Å². The van der Waals surface area contributed by atoms with E-state index in [1.807, 2.05) is 55.1 Å². The number of piperazine rings is 1. The maximum atomic E-state index is 12.1. The van der Waals surface area contributed by atoms with Crippen molar-refractivity contribution in [3.63, 3.8) is 0 Å². The minimum atomic E-state index is 0.0546. The van der Waals surface area contributed by atoms with Crippen molar-refractivity contribution in [1.82, 2.24) is 19.8 Å². The number of amides is 1. The van der Waals surface area contributed by atoms with Crippen molar-refractivity contribution < 1.29 is 9.53 Å². The Kier molecular flexibility index (Phi) is 8.18. The molecule has 0 atom stereocenters. The molecule has 1 amide bonds. The van der Waals surface area contributed by atoms with E-state index in [1.165, 1.54) is 11.9 Å². The molecule has 0 radical (unpaired) electrons. The summed E-state index contributed by atoms with van der Waals surface area (Å²) in [4.78, 5) is 27.5. The number of likely N-dealkylation sites (tertiary alicyclic amines) is 1. The highest BCUT2D eigenvalue weighted by Gasteiger charge is 2.29. The Morgan fingerprint density at radius 2 is 1.79 bits per heavy atom. The number of carbonyl (C=O) groups is 1. The highest BCUT2D eigenvalue weighted by Crippen LogP contribution is 2.30. The average Bonchev–Trinajstić information content (AvgIpc) is 2.89. The van der Waals surface area contributed by atoms with Crippen molar-refractivity contribution >= 4 is 40.5 Å². The predicted molar refractivity (Wildman–Crippen MR) is 156 cm³/mol. The number of carbonyl (C=O) groups excluding carboxylic acids is 1. The van der Waals surface area contributed by atoms with Gasteiger partial charge in [0.05, 0.1) is 12.2 Å². The molecular formula is C29H34ClN7O2. The van der Waals surface area contributed by atoms with Gasteiger partial charge in [-0.15, -0.1) is 0 Å². The monoisotopic (exact) mass is 547 g/mol. The molecule has 2 N–H and O–H groups in total. The van der Waals surface area contributed by atoms with Crippen LogP contribution in [0.4, 0.5) is 23.0 Å².